The van der Waals surface area contributed by atoms with E-state index in [0.717, 1.165) is 5.69 Å². The highest BCUT2D eigenvalue weighted by molar-refractivity contribution is 5.96. The average molecular weight is 192 g/mol. The van der Waals surface area contributed by atoms with Crippen molar-refractivity contribution in [2.75, 3.05) is 18.6 Å². The number of amides is 1. The lowest BCUT2D eigenvalue weighted by Crippen LogP contribution is -2.31. The van der Waals surface area contributed by atoms with E-state index in [1.54, 1.807) is 30.4 Å². The van der Waals surface area contributed by atoms with Crippen LogP contribution in [0, 0.1) is 5.92 Å². The van der Waals surface area contributed by atoms with E-state index in [9.17, 15) is 4.79 Å². The Hall–Kier alpha value is -1.58. The van der Waals surface area contributed by atoms with Crippen LogP contribution in [-0.2, 0) is 4.79 Å². The predicted octanol–water partition coefficient (Wildman–Crippen LogP) is 1.07. The van der Waals surface area contributed by atoms with Gasteiger partial charge in [-0.2, -0.15) is 0 Å². The highest BCUT2D eigenvalue weighted by Gasteiger charge is 2.25. The molecule has 0 saturated heterocycles. The molecule has 0 radical (unpaired) electrons. The van der Waals surface area contributed by atoms with Gasteiger partial charge in [0.25, 0.3) is 0 Å². The Morgan fingerprint density at radius 1 is 1.64 bits per heavy atom. The summed E-state index contributed by atoms with van der Waals surface area (Å²) in [6, 6.07) is 1.78. The highest BCUT2D eigenvalue weighted by Crippen LogP contribution is 2.29. The third kappa shape index (κ3) is 1.32. The van der Waals surface area contributed by atoms with Crippen molar-refractivity contribution in [3.05, 3.63) is 18.5 Å². The number of fused-ring (bicyclic) bond motifs is 1. The molecule has 0 unspecified atom stereocenters. The van der Waals surface area contributed by atoms with Crippen LogP contribution < -0.4 is 9.64 Å². The van der Waals surface area contributed by atoms with Gasteiger partial charge in [-0.15, -0.1) is 0 Å². The molecule has 1 aliphatic rings. The van der Waals surface area contributed by atoms with Crippen molar-refractivity contribution in [3.63, 3.8) is 0 Å². The number of nitrogens with zero attached hydrogens (tertiary/aromatic N) is 2. The van der Waals surface area contributed by atoms with Gasteiger partial charge in [-0.25, -0.2) is 0 Å². The van der Waals surface area contributed by atoms with E-state index >= 15 is 0 Å². The number of ether oxygens (including phenoxy) is 1. The number of carbonyl (C=O) groups is 1. The highest BCUT2D eigenvalue weighted by atomic mass is 16.5. The molecule has 1 atom stereocenters. The fourth-order valence-corrected chi connectivity index (χ4v) is 1.50. The summed E-state index contributed by atoms with van der Waals surface area (Å²) < 4.78 is 5.48. The normalized spacial score (nSPS) is 21.1. The van der Waals surface area contributed by atoms with Gasteiger partial charge < -0.3 is 9.64 Å². The molecule has 14 heavy (non-hydrogen) atoms. The van der Waals surface area contributed by atoms with Crippen LogP contribution in [0.15, 0.2) is 18.5 Å². The van der Waals surface area contributed by atoms with Crippen molar-refractivity contribution in [3.8, 4) is 5.75 Å². The topological polar surface area (TPSA) is 42.4 Å². The lowest BCUT2D eigenvalue weighted by Gasteiger charge is -2.16. The number of carbonyl (C=O) groups excluding carboxylic acids is 1. The van der Waals surface area contributed by atoms with Crippen molar-refractivity contribution in [1.82, 2.24) is 4.98 Å². The molecule has 0 aliphatic carbocycles. The summed E-state index contributed by atoms with van der Waals surface area (Å²) in [6.45, 7) is 2.28. The van der Waals surface area contributed by atoms with Crippen LogP contribution in [0.3, 0.4) is 0 Å². The Morgan fingerprint density at radius 3 is 3.21 bits per heavy atom. The van der Waals surface area contributed by atoms with Gasteiger partial charge in [0.2, 0.25) is 5.91 Å². The van der Waals surface area contributed by atoms with Gasteiger partial charge in [-0.05, 0) is 6.07 Å². The van der Waals surface area contributed by atoms with E-state index in [-0.39, 0.29) is 11.8 Å². The number of hydrogen-bond acceptors (Lipinski definition) is 3. The summed E-state index contributed by atoms with van der Waals surface area (Å²) in [5, 5.41) is 0. The first-order chi connectivity index (χ1) is 6.70. The molecule has 4 nitrogen and oxygen atoms in total. The van der Waals surface area contributed by atoms with Crippen molar-refractivity contribution >= 4 is 11.6 Å². The van der Waals surface area contributed by atoms with Gasteiger partial charge in [0, 0.05) is 13.2 Å². The van der Waals surface area contributed by atoms with E-state index in [0.29, 0.717) is 12.4 Å². The molecule has 1 aliphatic heterocycles. The second kappa shape index (κ2) is 3.29. The van der Waals surface area contributed by atoms with E-state index in [1.165, 1.54) is 0 Å². The molecule has 0 N–H and O–H groups in total. The van der Waals surface area contributed by atoms with E-state index in [2.05, 4.69) is 4.98 Å². The third-order valence-corrected chi connectivity index (χ3v) is 2.37. The van der Waals surface area contributed by atoms with Crippen LogP contribution in [0.4, 0.5) is 5.69 Å². The third-order valence-electron chi connectivity index (χ3n) is 2.37. The first-order valence-electron chi connectivity index (χ1n) is 4.54. The minimum Gasteiger partial charge on any atom is -0.489 e. The summed E-state index contributed by atoms with van der Waals surface area (Å²) in [5.41, 5.74) is 0.786. The van der Waals surface area contributed by atoms with Crippen molar-refractivity contribution < 1.29 is 9.53 Å². The van der Waals surface area contributed by atoms with Crippen LogP contribution in [0.1, 0.15) is 6.92 Å². The fourth-order valence-electron chi connectivity index (χ4n) is 1.50. The van der Waals surface area contributed by atoms with E-state index < -0.39 is 0 Å². The van der Waals surface area contributed by atoms with Crippen LogP contribution in [0.2, 0.25) is 0 Å². The first kappa shape index (κ1) is 8.99. The molecule has 1 aromatic rings. The summed E-state index contributed by atoms with van der Waals surface area (Å²) in [7, 11) is 1.76. The number of pyridine rings is 1. The lowest BCUT2D eigenvalue weighted by molar-refractivity contribution is -0.122. The van der Waals surface area contributed by atoms with E-state index in [1.807, 2.05) is 6.92 Å². The Balaban J connectivity index is 2.45. The Labute approximate surface area is 82.5 Å². The van der Waals surface area contributed by atoms with Crippen LogP contribution in [0.5, 0.6) is 5.75 Å². The van der Waals surface area contributed by atoms with Crippen LogP contribution in [-0.4, -0.2) is 24.5 Å². The Kier molecular flexibility index (Phi) is 2.11. The smallest absolute Gasteiger partial charge is 0.233 e. The Bertz CT molecular complexity index is 365. The molecule has 0 aromatic carbocycles. The van der Waals surface area contributed by atoms with Gasteiger partial charge >= 0.3 is 0 Å². The molecular formula is C10H12N2O2. The monoisotopic (exact) mass is 192 g/mol. The molecule has 74 valence electrons. The second-order valence-electron chi connectivity index (χ2n) is 3.45. The summed E-state index contributed by atoms with van der Waals surface area (Å²) in [4.78, 5) is 17.3. The minimum absolute atomic E-state index is 0.0787. The Morgan fingerprint density at radius 2 is 2.43 bits per heavy atom. The molecule has 2 heterocycles. The summed E-state index contributed by atoms with van der Waals surface area (Å²) >= 11 is 0. The van der Waals surface area contributed by atoms with Gasteiger partial charge in [-0.3, -0.25) is 9.78 Å². The van der Waals surface area contributed by atoms with E-state index in [4.69, 9.17) is 4.74 Å². The molecule has 4 heteroatoms. The van der Waals surface area contributed by atoms with Crippen LogP contribution in [0.25, 0.3) is 0 Å². The molecule has 1 amide bonds. The maximum absolute atomic E-state index is 11.7. The van der Waals surface area contributed by atoms with Crippen LogP contribution >= 0.6 is 0 Å². The molecular weight excluding hydrogens is 180 g/mol. The summed E-state index contributed by atoms with van der Waals surface area (Å²) in [5.74, 6) is 0.648. The predicted molar refractivity (Wildman–Crippen MR) is 52.3 cm³/mol. The van der Waals surface area contributed by atoms with Crippen molar-refractivity contribution in [2.45, 2.75) is 6.92 Å². The van der Waals surface area contributed by atoms with Gasteiger partial charge in [0.05, 0.1) is 24.4 Å². The number of rotatable bonds is 0. The molecule has 0 spiro atoms. The molecule has 0 bridgehead atoms. The van der Waals surface area contributed by atoms with Gasteiger partial charge in [0.1, 0.15) is 0 Å². The van der Waals surface area contributed by atoms with Gasteiger partial charge in [0.15, 0.2) is 5.75 Å². The van der Waals surface area contributed by atoms with Gasteiger partial charge in [-0.1, -0.05) is 6.92 Å². The number of hydrogen-bond donors (Lipinski definition) is 0. The number of aromatic nitrogens is 1. The van der Waals surface area contributed by atoms with Crippen molar-refractivity contribution in [1.29, 1.82) is 0 Å². The molecule has 0 fully saturated rings. The average Bonchev–Trinajstić information content (AvgIpc) is 2.32. The quantitative estimate of drug-likeness (QED) is 0.617. The maximum Gasteiger partial charge on any atom is 0.233 e. The summed E-state index contributed by atoms with van der Waals surface area (Å²) in [6.07, 6.45) is 3.29. The molecule has 1 aromatic heterocycles. The second-order valence-corrected chi connectivity index (χ2v) is 3.45. The largest absolute Gasteiger partial charge is 0.489 e. The van der Waals surface area contributed by atoms with Crippen molar-refractivity contribution in [2.24, 2.45) is 5.92 Å². The SMILES string of the molecule is C[C@H]1COc2cnccc2N(C)C1=O. The molecule has 0 saturated carbocycles. The minimum atomic E-state index is -0.104. The maximum atomic E-state index is 11.7. The number of anilines is 1. The zero-order valence-corrected chi connectivity index (χ0v) is 8.23. The lowest BCUT2D eigenvalue weighted by atomic mass is 10.2. The standard InChI is InChI=1S/C10H12N2O2/c1-7-6-14-9-5-11-4-3-8(9)12(2)10(7)13/h3-5,7H,6H2,1-2H3/t7-/m0/s1. The first-order valence-corrected chi connectivity index (χ1v) is 4.54. The fraction of sp³-hybridized carbons (Fsp3) is 0.400. The zero-order valence-electron chi connectivity index (χ0n) is 8.23. The molecule has 2 rings (SSSR count). The zero-order chi connectivity index (χ0) is 10.1.